The third-order valence-electron chi connectivity index (χ3n) is 5.90. The molecule has 0 saturated heterocycles. The second-order valence-electron chi connectivity index (χ2n) is 8.13. The van der Waals surface area contributed by atoms with Crippen LogP contribution in [0.3, 0.4) is 0 Å². The molecule has 3 aromatic rings. The molecule has 4 rings (SSSR count). The Morgan fingerprint density at radius 2 is 1.69 bits per heavy atom. The lowest BCUT2D eigenvalue weighted by Gasteiger charge is -2.37. The highest BCUT2D eigenvalue weighted by atomic mass is 32.2. The highest BCUT2D eigenvalue weighted by molar-refractivity contribution is 7.91. The molecule has 1 aliphatic rings. The standard InChI is InChI=1S/C24H20F3N3O5S/c25-24(26,27)17-8-6-9-18(15-17)28-23(31)29-14-13-16-7-4-5-12-20(16)21(29)22(30(32)33)36(34,35)19-10-2-1-3-11-19/h1-12,15,21-22H,13-14H2,(H,28,31)/t21-,22+/m0/s1. The number of carbonyl (C=O) groups is 1. The average molecular weight is 520 g/mol. The summed E-state index contributed by atoms with van der Waals surface area (Å²) in [5.74, 6) is 0. The smallest absolute Gasteiger partial charge is 0.309 e. The van der Waals surface area contributed by atoms with Gasteiger partial charge >= 0.3 is 17.6 Å². The van der Waals surface area contributed by atoms with E-state index in [-0.39, 0.29) is 29.1 Å². The zero-order chi connectivity index (χ0) is 26.1. The van der Waals surface area contributed by atoms with Crippen molar-refractivity contribution in [3.8, 4) is 0 Å². The fourth-order valence-corrected chi connectivity index (χ4v) is 5.93. The Bertz CT molecular complexity index is 1400. The number of benzene rings is 3. The van der Waals surface area contributed by atoms with E-state index < -0.39 is 43.9 Å². The quantitative estimate of drug-likeness (QED) is 0.380. The first-order chi connectivity index (χ1) is 17.0. The summed E-state index contributed by atoms with van der Waals surface area (Å²) >= 11 is 0. The average Bonchev–Trinajstić information content (AvgIpc) is 2.84. The Kier molecular flexibility index (Phi) is 6.72. The van der Waals surface area contributed by atoms with Gasteiger partial charge in [-0.05, 0) is 47.9 Å². The molecule has 188 valence electrons. The van der Waals surface area contributed by atoms with Gasteiger partial charge in [-0.2, -0.15) is 13.2 Å². The molecule has 2 atom stereocenters. The highest BCUT2D eigenvalue weighted by Crippen LogP contribution is 2.38. The van der Waals surface area contributed by atoms with E-state index in [9.17, 15) is 36.5 Å². The molecular formula is C24H20F3N3O5S. The number of carbonyl (C=O) groups excluding carboxylic acids is 1. The number of hydrogen-bond donors (Lipinski definition) is 1. The van der Waals surface area contributed by atoms with Gasteiger partial charge in [0, 0.05) is 17.2 Å². The molecule has 0 unspecified atom stereocenters. The van der Waals surface area contributed by atoms with Crippen LogP contribution in [0.25, 0.3) is 0 Å². The maximum absolute atomic E-state index is 13.4. The van der Waals surface area contributed by atoms with E-state index in [0.29, 0.717) is 5.56 Å². The highest BCUT2D eigenvalue weighted by Gasteiger charge is 2.51. The first-order valence-electron chi connectivity index (χ1n) is 10.8. The van der Waals surface area contributed by atoms with Crippen LogP contribution in [-0.2, 0) is 22.4 Å². The van der Waals surface area contributed by atoms with Gasteiger partial charge in [0.25, 0.3) is 0 Å². The van der Waals surface area contributed by atoms with E-state index >= 15 is 0 Å². The Balaban J connectivity index is 1.77. The minimum absolute atomic E-state index is 0.0822. The molecule has 0 radical (unpaired) electrons. The molecular weight excluding hydrogens is 499 g/mol. The minimum Gasteiger partial charge on any atom is -0.309 e. The van der Waals surface area contributed by atoms with Gasteiger partial charge in [-0.25, -0.2) is 13.2 Å². The molecule has 0 spiro atoms. The largest absolute Gasteiger partial charge is 0.416 e. The van der Waals surface area contributed by atoms with Crippen LogP contribution < -0.4 is 5.32 Å². The van der Waals surface area contributed by atoms with Gasteiger partial charge in [0.15, 0.2) is 0 Å². The first kappa shape index (κ1) is 25.2. The molecule has 3 aromatic carbocycles. The summed E-state index contributed by atoms with van der Waals surface area (Å²) < 4.78 is 66.2. The Morgan fingerprint density at radius 1 is 1.03 bits per heavy atom. The fourth-order valence-electron chi connectivity index (χ4n) is 4.25. The molecule has 2 amide bonds. The van der Waals surface area contributed by atoms with E-state index in [1.807, 2.05) is 0 Å². The number of amides is 2. The normalized spacial score (nSPS) is 16.6. The van der Waals surface area contributed by atoms with Gasteiger partial charge in [0.2, 0.25) is 9.84 Å². The zero-order valence-corrected chi connectivity index (χ0v) is 19.4. The molecule has 1 heterocycles. The van der Waals surface area contributed by atoms with Crippen molar-refractivity contribution in [1.82, 2.24) is 4.90 Å². The van der Waals surface area contributed by atoms with E-state index in [1.165, 1.54) is 36.4 Å². The van der Waals surface area contributed by atoms with Crippen LogP contribution >= 0.6 is 0 Å². The SMILES string of the molecule is O=C(Nc1cccc(C(F)(F)F)c1)N1CCc2ccccc2[C@H]1[C@H]([N+](=O)[O-])S(=O)(=O)c1ccccc1. The lowest BCUT2D eigenvalue weighted by atomic mass is 9.92. The van der Waals surface area contributed by atoms with Crippen LogP contribution in [0.1, 0.15) is 22.7 Å². The lowest BCUT2D eigenvalue weighted by Crippen LogP contribution is -2.51. The topological polar surface area (TPSA) is 110 Å². The van der Waals surface area contributed by atoms with Crippen LogP contribution in [-0.4, -0.2) is 36.2 Å². The number of urea groups is 1. The summed E-state index contributed by atoms with van der Waals surface area (Å²) in [5, 5.41) is 12.3. The molecule has 0 bridgehead atoms. The summed E-state index contributed by atoms with van der Waals surface area (Å²) in [6.45, 7) is -0.0822. The van der Waals surface area contributed by atoms with Crippen molar-refractivity contribution >= 4 is 21.6 Å². The van der Waals surface area contributed by atoms with Crippen LogP contribution in [0.15, 0.2) is 83.8 Å². The van der Waals surface area contributed by atoms with Crippen molar-refractivity contribution in [3.63, 3.8) is 0 Å². The summed E-state index contributed by atoms with van der Waals surface area (Å²) in [5.41, 5.74) is -0.253. The van der Waals surface area contributed by atoms with Crippen molar-refractivity contribution in [2.24, 2.45) is 0 Å². The van der Waals surface area contributed by atoms with Gasteiger partial charge in [-0.1, -0.05) is 48.5 Å². The Labute approximate surface area is 204 Å². The first-order valence-corrected chi connectivity index (χ1v) is 12.3. The molecule has 0 aromatic heterocycles. The predicted molar refractivity (Wildman–Crippen MR) is 124 cm³/mol. The predicted octanol–water partition coefficient (Wildman–Crippen LogP) is 4.91. The van der Waals surface area contributed by atoms with Crippen molar-refractivity contribution in [1.29, 1.82) is 0 Å². The molecule has 36 heavy (non-hydrogen) atoms. The second-order valence-corrected chi connectivity index (χ2v) is 10.2. The number of anilines is 1. The summed E-state index contributed by atoms with van der Waals surface area (Å²) in [6, 6.07) is 14.8. The van der Waals surface area contributed by atoms with Crippen LogP contribution in [0, 0.1) is 10.1 Å². The van der Waals surface area contributed by atoms with E-state index in [4.69, 9.17) is 0 Å². The maximum Gasteiger partial charge on any atom is 0.416 e. The maximum atomic E-state index is 13.4. The van der Waals surface area contributed by atoms with E-state index in [0.717, 1.165) is 23.1 Å². The summed E-state index contributed by atoms with van der Waals surface area (Å²) in [7, 11) is -4.58. The van der Waals surface area contributed by atoms with Gasteiger partial charge < -0.3 is 10.2 Å². The molecule has 0 saturated carbocycles. The summed E-state index contributed by atoms with van der Waals surface area (Å²) in [4.78, 5) is 25.3. The molecule has 1 N–H and O–H groups in total. The lowest BCUT2D eigenvalue weighted by molar-refractivity contribution is -0.505. The minimum atomic E-state index is -4.65. The summed E-state index contributed by atoms with van der Waals surface area (Å²) in [6.07, 6.45) is -4.37. The molecule has 8 nitrogen and oxygen atoms in total. The van der Waals surface area contributed by atoms with Crippen molar-refractivity contribution in [2.75, 3.05) is 11.9 Å². The number of sulfone groups is 1. The van der Waals surface area contributed by atoms with Gasteiger partial charge in [-0.3, -0.25) is 10.1 Å². The molecule has 1 aliphatic heterocycles. The van der Waals surface area contributed by atoms with Crippen LogP contribution in [0.4, 0.5) is 23.7 Å². The van der Waals surface area contributed by atoms with Gasteiger partial charge in [0.1, 0.15) is 6.04 Å². The number of hydrogen-bond acceptors (Lipinski definition) is 5. The number of rotatable bonds is 5. The number of nitrogens with one attached hydrogen (secondary N) is 1. The zero-order valence-electron chi connectivity index (χ0n) is 18.6. The van der Waals surface area contributed by atoms with E-state index in [1.54, 1.807) is 24.3 Å². The number of fused-ring (bicyclic) bond motifs is 1. The van der Waals surface area contributed by atoms with Crippen molar-refractivity contribution in [2.45, 2.75) is 28.9 Å². The number of nitrogens with zero attached hydrogens (tertiary/aromatic N) is 2. The van der Waals surface area contributed by atoms with Crippen LogP contribution in [0.2, 0.25) is 0 Å². The monoisotopic (exact) mass is 519 g/mol. The Hall–Kier alpha value is -3.93. The second kappa shape index (κ2) is 9.61. The van der Waals surface area contributed by atoms with E-state index in [2.05, 4.69) is 5.32 Å². The third kappa shape index (κ3) is 4.89. The van der Waals surface area contributed by atoms with Gasteiger partial charge in [-0.15, -0.1) is 0 Å². The van der Waals surface area contributed by atoms with Gasteiger partial charge in [0.05, 0.1) is 10.5 Å². The molecule has 12 heteroatoms. The fraction of sp³-hybridized carbons (Fsp3) is 0.208. The van der Waals surface area contributed by atoms with Crippen molar-refractivity contribution < 1.29 is 31.3 Å². The van der Waals surface area contributed by atoms with Crippen molar-refractivity contribution in [3.05, 3.63) is 106 Å². The number of halogens is 3. The third-order valence-corrected chi connectivity index (χ3v) is 7.90. The molecule has 0 aliphatic carbocycles. The Morgan fingerprint density at radius 3 is 2.36 bits per heavy atom. The van der Waals surface area contributed by atoms with Crippen LogP contribution in [0.5, 0.6) is 0 Å². The number of alkyl halides is 3. The molecule has 0 fully saturated rings. The number of nitro groups is 1.